The second-order valence-electron chi connectivity index (χ2n) is 11.1. The molecule has 0 heterocycles. The Hall–Kier alpha value is -4.05. The Kier molecular flexibility index (Phi) is 15.6. The van der Waals surface area contributed by atoms with Gasteiger partial charge in [0.15, 0.2) is 5.60 Å². The fourth-order valence-electron chi connectivity index (χ4n) is 5.25. The second-order valence-corrected chi connectivity index (χ2v) is 11.5. The lowest BCUT2D eigenvalue weighted by molar-refractivity contribution is -0.154. The lowest BCUT2D eigenvalue weighted by Crippen LogP contribution is -2.36. The van der Waals surface area contributed by atoms with Crippen LogP contribution in [0.15, 0.2) is 109 Å². The maximum atomic E-state index is 13.6. The Labute approximate surface area is 288 Å². The van der Waals surface area contributed by atoms with E-state index in [0.29, 0.717) is 69.7 Å². The van der Waals surface area contributed by atoms with Gasteiger partial charge in [0.25, 0.3) is 0 Å². The smallest absolute Gasteiger partial charge is 0.307 e. The molecule has 0 aliphatic rings. The molecule has 1 unspecified atom stereocenters. The highest BCUT2D eigenvalue weighted by atomic mass is 35.5. The van der Waals surface area contributed by atoms with Gasteiger partial charge in [-0.1, -0.05) is 115 Å². The molecule has 1 atom stereocenters. The summed E-state index contributed by atoms with van der Waals surface area (Å²) in [7, 11) is 0. The lowest BCUT2D eigenvalue weighted by Gasteiger charge is -2.36. The average molecular weight is 673 g/mol. The number of esters is 1. The van der Waals surface area contributed by atoms with Crippen LogP contribution in [0.2, 0.25) is 5.02 Å². The van der Waals surface area contributed by atoms with E-state index in [4.69, 9.17) is 36.3 Å². The predicted octanol–water partition coefficient (Wildman–Crippen LogP) is 6.53. The van der Waals surface area contributed by atoms with Crippen molar-refractivity contribution in [3.63, 3.8) is 0 Å². The number of benzene rings is 4. The van der Waals surface area contributed by atoms with Gasteiger partial charge in [-0.3, -0.25) is 9.59 Å². The van der Waals surface area contributed by atoms with Crippen LogP contribution in [0.1, 0.15) is 42.4 Å². The highest BCUT2D eigenvalue weighted by molar-refractivity contribution is 6.31. The van der Waals surface area contributed by atoms with Gasteiger partial charge in [-0.2, -0.15) is 0 Å². The molecule has 0 fully saturated rings. The Morgan fingerprint density at radius 3 is 1.81 bits per heavy atom. The summed E-state index contributed by atoms with van der Waals surface area (Å²) in [6.45, 7) is 4.17. The van der Waals surface area contributed by atoms with E-state index in [-0.39, 0.29) is 18.7 Å². The number of carbonyl (C=O) groups is 2. The van der Waals surface area contributed by atoms with Crippen molar-refractivity contribution in [1.82, 2.24) is 5.32 Å². The molecule has 0 radical (unpaired) electrons. The average Bonchev–Trinajstić information content (AvgIpc) is 3.13. The number of hydrogen-bond acceptors (Lipinski definition) is 7. The van der Waals surface area contributed by atoms with Crippen LogP contribution in [0.5, 0.6) is 0 Å². The van der Waals surface area contributed by atoms with E-state index in [1.165, 1.54) is 0 Å². The third kappa shape index (κ3) is 11.0. The van der Waals surface area contributed by atoms with E-state index in [1.54, 1.807) is 6.07 Å². The molecule has 0 saturated heterocycles. The Balaban J connectivity index is 1.35. The van der Waals surface area contributed by atoms with Crippen molar-refractivity contribution in [2.45, 2.75) is 31.3 Å². The van der Waals surface area contributed by atoms with Crippen LogP contribution in [0.4, 0.5) is 0 Å². The molecule has 4 aromatic carbocycles. The van der Waals surface area contributed by atoms with Gasteiger partial charge in [0.05, 0.1) is 32.8 Å². The molecule has 3 N–H and O–H groups in total. The number of rotatable bonds is 21. The maximum absolute atomic E-state index is 13.6. The number of amides is 1. The maximum Gasteiger partial charge on any atom is 0.307 e. The van der Waals surface area contributed by atoms with Gasteiger partial charge in [0.1, 0.15) is 0 Å². The minimum atomic E-state index is -1.35. The zero-order valence-corrected chi connectivity index (χ0v) is 28.0. The molecule has 8 nitrogen and oxygen atoms in total. The highest BCUT2D eigenvalue weighted by Crippen LogP contribution is 2.44. The van der Waals surface area contributed by atoms with Crippen LogP contribution in [-0.2, 0) is 34.1 Å². The first-order valence-corrected chi connectivity index (χ1v) is 16.8. The molecule has 48 heavy (non-hydrogen) atoms. The van der Waals surface area contributed by atoms with E-state index in [2.05, 4.69) is 5.32 Å². The van der Waals surface area contributed by atoms with Crippen molar-refractivity contribution in [2.75, 3.05) is 52.7 Å². The van der Waals surface area contributed by atoms with E-state index in [0.717, 1.165) is 28.7 Å². The summed E-state index contributed by atoms with van der Waals surface area (Å²) in [4.78, 5) is 26.2. The first kappa shape index (κ1) is 36.8. The molecule has 0 bridgehead atoms. The lowest BCUT2D eigenvalue weighted by atomic mass is 9.79. The molecule has 0 aromatic heterocycles. The van der Waals surface area contributed by atoms with Crippen molar-refractivity contribution >= 4 is 23.5 Å². The molecule has 0 saturated carbocycles. The van der Waals surface area contributed by atoms with Crippen LogP contribution in [0.25, 0.3) is 11.1 Å². The molecule has 0 aliphatic heterocycles. The van der Waals surface area contributed by atoms with Gasteiger partial charge < -0.3 is 30.0 Å². The fraction of sp³-hybridized carbons (Fsp3) is 0.333. The van der Waals surface area contributed by atoms with E-state index in [9.17, 15) is 9.59 Å². The van der Waals surface area contributed by atoms with Crippen LogP contribution >= 0.6 is 11.6 Å². The van der Waals surface area contributed by atoms with Crippen molar-refractivity contribution in [3.8, 4) is 11.1 Å². The number of ether oxygens (including phenoxy) is 4. The summed E-state index contributed by atoms with van der Waals surface area (Å²) in [5.74, 6) is -0.755. The molecule has 0 spiro atoms. The van der Waals surface area contributed by atoms with Crippen LogP contribution < -0.4 is 11.1 Å². The van der Waals surface area contributed by atoms with Gasteiger partial charge in [0, 0.05) is 47.9 Å². The van der Waals surface area contributed by atoms with Gasteiger partial charge in [0.2, 0.25) is 5.91 Å². The van der Waals surface area contributed by atoms with Gasteiger partial charge in [-0.25, -0.2) is 0 Å². The third-order valence-corrected chi connectivity index (χ3v) is 8.01. The van der Waals surface area contributed by atoms with E-state index >= 15 is 0 Å². The third-order valence-electron chi connectivity index (χ3n) is 7.68. The normalized spacial score (nSPS) is 12.3. The largest absolute Gasteiger partial charge is 0.444 e. The minimum absolute atomic E-state index is 0.0127. The summed E-state index contributed by atoms with van der Waals surface area (Å²) in [5, 5.41) is 3.32. The molecular weight excluding hydrogens is 628 g/mol. The van der Waals surface area contributed by atoms with E-state index < -0.39 is 11.6 Å². The van der Waals surface area contributed by atoms with Crippen molar-refractivity contribution in [2.24, 2.45) is 5.73 Å². The standard InChI is InChI=1S/C39H45ClN2O6/c40-36-16-8-7-15-35(36)39(33-13-5-2-6-14-33,34-19-17-32(18-20-34)31-11-3-1-4-12-31)48-38(44)22-21-37(43)42-24-10-26-46-28-30-47-29-27-45-25-9-23-41/h1-8,11-20H,9-10,21-30,41H2,(H,42,43). The molecule has 9 heteroatoms. The van der Waals surface area contributed by atoms with Crippen molar-refractivity contribution in [3.05, 3.63) is 131 Å². The number of hydrogen-bond donors (Lipinski definition) is 2. The number of halogens is 1. The van der Waals surface area contributed by atoms with Gasteiger partial charge >= 0.3 is 5.97 Å². The minimum Gasteiger partial charge on any atom is -0.444 e. The molecule has 0 aliphatic carbocycles. The Morgan fingerprint density at radius 2 is 1.17 bits per heavy atom. The molecular formula is C39H45ClN2O6. The molecule has 4 rings (SSSR count). The predicted molar refractivity (Wildman–Crippen MR) is 189 cm³/mol. The molecule has 4 aromatic rings. The SMILES string of the molecule is NCCCOCCOCCOCCCNC(=O)CCC(=O)OC(c1ccccc1)(c1ccc(-c2ccccc2)cc1)c1ccccc1Cl. The summed E-state index contributed by atoms with van der Waals surface area (Å²) in [6, 6.07) is 34.9. The summed E-state index contributed by atoms with van der Waals surface area (Å²) < 4.78 is 22.8. The molecule has 254 valence electrons. The summed E-state index contributed by atoms with van der Waals surface area (Å²) >= 11 is 6.81. The zero-order valence-electron chi connectivity index (χ0n) is 27.3. The Morgan fingerprint density at radius 1 is 0.625 bits per heavy atom. The monoisotopic (exact) mass is 672 g/mol. The van der Waals surface area contributed by atoms with Crippen molar-refractivity contribution in [1.29, 1.82) is 0 Å². The second kappa shape index (κ2) is 20.3. The van der Waals surface area contributed by atoms with Crippen molar-refractivity contribution < 1.29 is 28.5 Å². The number of carbonyl (C=O) groups excluding carboxylic acids is 2. The first-order valence-electron chi connectivity index (χ1n) is 16.4. The first-order chi connectivity index (χ1) is 23.5. The van der Waals surface area contributed by atoms with Gasteiger partial charge in [-0.15, -0.1) is 0 Å². The summed E-state index contributed by atoms with van der Waals surface area (Å²) in [5.41, 5.74) is 8.29. The number of nitrogens with two attached hydrogens (primary N) is 1. The summed E-state index contributed by atoms with van der Waals surface area (Å²) in [6.07, 6.45) is 1.37. The Bertz CT molecular complexity index is 1520. The van der Waals surface area contributed by atoms with Crippen LogP contribution in [0.3, 0.4) is 0 Å². The van der Waals surface area contributed by atoms with E-state index in [1.807, 2.05) is 103 Å². The van der Waals surface area contributed by atoms with Crippen LogP contribution in [0, 0.1) is 0 Å². The zero-order chi connectivity index (χ0) is 33.9. The fourth-order valence-corrected chi connectivity index (χ4v) is 5.52. The van der Waals surface area contributed by atoms with Gasteiger partial charge in [-0.05, 0) is 36.6 Å². The quantitative estimate of drug-likeness (QED) is 0.0589. The molecule has 1 amide bonds. The number of nitrogens with one attached hydrogen (secondary N) is 1. The topological polar surface area (TPSA) is 109 Å². The van der Waals surface area contributed by atoms with Crippen LogP contribution in [-0.4, -0.2) is 64.6 Å². The highest BCUT2D eigenvalue weighted by Gasteiger charge is 2.42.